The van der Waals surface area contributed by atoms with Gasteiger partial charge in [-0.3, -0.25) is 4.79 Å². The van der Waals surface area contributed by atoms with Crippen LogP contribution in [0, 0.1) is 6.92 Å². The second-order valence-electron chi connectivity index (χ2n) is 8.65. The Morgan fingerprint density at radius 1 is 0.914 bits per heavy atom. The molecule has 5 rings (SSSR count). The fourth-order valence-corrected chi connectivity index (χ4v) is 6.28. The summed E-state index contributed by atoms with van der Waals surface area (Å²) in [6.07, 6.45) is -0.973. The van der Waals surface area contributed by atoms with E-state index < -0.39 is 27.8 Å². The average Bonchev–Trinajstić information content (AvgIpc) is 3.18. The van der Waals surface area contributed by atoms with Crippen molar-refractivity contribution in [2.24, 2.45) is 0 Å². The molecule has 35 heavy (non-hydrogen) atoms. The quantitative estimate of drug-likeness (QED) is 0.317. The Bertz CT molecular complexity index is 1530. The van der Waals surface area contributed by atoms with E-state index in [0.717, 1.165) is 20.6 Å². The fourth-order valence-electron chi connectivity index (χ4n) is 4.57. The number of benzene rings is 4. The maximum absolute atomic E-state index is 14.2. The van der Waals surface area contributed by atoms with Gasteiger partial charge in [-0.2, -0.15) is 0 Å². The second kappa shape index (κ2) is 8.79. The van der Waals surface area contributed by atoms with Gasteiger partial charge in [0, 0.05) is 10.6 Å². The molecular weight excluding hydrogens is 482 g/mol. The molecule has 178 valence electrons. The Kier molecular flexibility index (Phi) is 5.91. The van der Waals surface area contributed by atoms with Crippen molar-refractivity contribution < 1.29 is 17.9 Å². The number of sulfonamides is 1. The highest BCUT2D eigenvalue weighted by Crippen LogP contribution is 2.49. The number of carbonyl (C=O) groups is 1. The molecule has 0 radical (unpaired) electrons. The molecule has 5 nitrogen and oxygen atoms in total. The lowest BCUT2D eigenvalue weighted by Crippen LogP contribution is -2.41. The molecule has 1 saturated heterocycles. The Balaban J connectivity index is 1.71. The van der Waals surface area contributed by atoms with E-state index in [1.807, 2.05) is 56.3 Å². The summed E-state index contributed by atoms with van der Waals surface area (Å²) >= 11 is 6.48. The first-order valence-corrected chi connectivity index (χ1v) is 13.2. The molecule has 0 aromatic heterocycles. The molecule has 4 aromatic rings. The van der Waals surface area contributed by atoms with Crippen molar-refractivity contribution in [3.05, 3.63) is 113 Å². The third kappa shape index (κ3) is 3.82. The predicted molar refractivity (Wildman–Crippen MR) is 136 cm³/mol. The van der Waals surface area contributed by atoms with Gasteiger partial charge in [-0.15, -0.1) is 0 Å². The first-order chi connectivity index (χ1) is 16.8. The van der Waals surface area contributed by atoms with E-state index >= 15 is 0 Å². The molecule has 0 saturated carbocycles. The van der Waals surface area contributed by atoms with Crippen molar-refractivity contribution in [3.63, 3.8) is 0 Å². The minimum absolute atomic E-state index is 0.0162. The maximum atomic E-state index is 14.2. The molecule has 0 aliphatic carbocycles. The van der Waals surface area contributed by atoms with Crippen LogP contribution in [0.4, 0.5) is 0 Å². The van der Waals surface area contributed by atoms with Crippen molar-refractivity contribution in [3.8, 4) is 0 Å². The van der Waals surface area contributed by atoms with Crippen molar-refractivity contribution >= 4 is 38.3 Å². The number of carbonyl (C=O) groups excluding carboxylic acids is 1. The summed E-state index contributed by atoms with van der Waals surface area (Å²) in [5.41, 5.74) is 0.428. The lowest BCUT2D eigenvalue weighted by atomic mass is 9.89. The summed E-state index contributed by atoms with van der Waals surface area (Å²) in [4.78, 5) is 14.2. The standard InChI is InChI=1S/C28H24ClNO4S/c1-3-28(22-15-14-20-8-4-5-9-21(20)18-22)27(31)30(26(34-28)24-10-6-7-11-25(24)29)35(32,33)23-16-12-19(2)13-17-23/h4-18,26H,3H2,1-2H3/t26-,28+/m1/s1. The number of rotatable bonds is 5. The highest BCUT2D eigenvalue weighted by Gasteiger charge is 2.58. The fraction of sp³-hybridized carbons (Fsp3) is 0.179. The Morgan fingerprint density at radius 2 is 1.57 bits per heavy atom. The number of hydrogen-bond acceptors (Lipinski definition) is 4. The molecule has 2 atom stereocenters. The Hall–Kier alpha value is -3.19. The van der Waals surface area contributed by atoms with Crippen LogP contribution in [-0.2, 0) is 25.2 Å². The summed E-state index contributed by atoms with van der Waals surface area (Å²) in [7, 11) is -4.25. The van der Waals surface area contributed by atoms with Crippen molar-refractivity contribution in [1.82, 2.24) is 4.31 Å². The first-order valence-electron chi connectivity index (χ1n) is 11.3. The SMILES string of the molecule is CC[C@@]1(c2ccc3ccccc3c2)O[C@H](c2ccccc2Cl)N(S(=O)(=O)c2ccc(C)cc2)C1=O. The molecule has 0 unspecified atom stereocenters. The topological polar surface area (TPSA) is 63.7 Å². The van der Waals surface area contributed by atoms with E-state index in [4.69, 9.17) is 16.3 Å². The normalized spacial score (nSPS) is 20.5. The molecule has 4 aromatic carbocycles. The lowest BCUT2D eigenvalue weighted by molar-refractivity contribution is -0.137. The van der Waals surface area contributed by atoms with Crippen LogP contribution in [0.1, 0.15) is 36.3 Å². The number of amides is 1. The van der Waals surface area contributed by atoms with Crippen molar-refractivity contribution in [2.45, 2.75) is 37.0 Å². The second-order valence-corrected chi connectivity index (χ2v) is 10.9. The number of halogens is 1. The third-order valence-corrected chi connectivity index (χ3v) is 8.62. The van der Waals surface area contributed by atoms with Gasteiger partial charge in [-0.25, -0.2) is 12.7 Å². The molecule has 7 heteroatoms. The van der Waals surface area contributed by atoms with Gasteiger partial charge < -0.3 is 4.74 Å². The van der Waals surface area contributed by atoms with Gasteiger partial charge >= 0.3 is 0 Å². The Morgan fingerprint density at radius 3 is 2.26 bits per heavy atom. The van der Waals surface area contributed by atoms with Gasteiger partial charge in [-0.1, -0.05) is 90.8 Å². The first kappa shape index (κ1) is 23.5. The highest BCUT2D eigenvalue weighted by molar-refractivity contribution is 7.89. The van der Waals surface area contributed by atoms with E-state index in [0.29, 0.717) is 16.1 Å². The zero-order valence-electron chi connectivity index (χ0n) is 19.3. The predicted octanol–water partition coefficient (Wildman–Crippen LogP) is 6.35. The van der Waals surface area contributed by atoms with Gasteiger partial charge in [0.05, 0.1) is 4.90 Å². The molecule has 0 bridgehead atoms. The maximum Gasteiger partial charge on any atom is 0.275 e. The number of ether oxygens (including phenoxy) is 1. The molecule has 1 heterocycles. The zero-order valence-corrected chi connectivity index (χ0v) is 20.9. The average molecular weight is 506 g/mol. The van der Waals surface area contributed by atoms with Gasteiger partial charge in [0.25, 0.3) is 15.9 Å². The molecule has 1 aliphatic rings. The summed E-state index contributed by atoms with van der Waals surface area (Å²) in [5.74, 6) is -0.638. The largest absolute Gasteiger partial charge is 0.332 e. The number of fused-ring (bicyclic) bond motifs is 1. The number of hydrogen-bond donors (Lipinski definition) is 0. The molecular formula is C28H24ClNO4S. The minimum atomic E-state index is -4.25. The molecule has 0 N–H and O–H groups in total. The van der Waals surface area contributed by atoms with E-state index in [1.165, 1.54) is 12.1 Å². The van der Waals surface area contributed by atoms with E-state index in [1.54, 1.807) is 36.4 Å². The zero-order chi connectivity index (χ0) is 24.8. The van der Waals surface area contributed by atoms with E-state index in [9.17, 15) is 13.2 Å². The van der Waals surface area contributed by atoms with Crippen molar-refractivity contribution in [1.29, 1.82) is 0 Å². The van der Waals surface area contributed by atoms with Crippen LogP contribution in [-0.4, -0.2) is 18.6 Å². The lowest BCUT2D eigenvalue weighted by Gasteiger charge is -2.25. The van der Waals surface area contributed by atoms with Crippen LogP contribution in [0.5, 0.6) is 0 Å². The molecule has 1 fully saturated rings. The van der Waals surface area contributed by atoms with Gasteiger partial charge in [-0.05, 0) is 53.9 Å². The smallest absolute Gasteiger partial charge is 0.275 e. The highest BCUT2D eigenvalue weighted by atomic mass is 35.5. The van der Waals surface area contributed by atoms with Crippen molar-refractivity contribution in [2.75, 3.05) is 0 Å². The summed E-state index contributed by atoms with van der Waals surface area (Å²) in [6.45, 7) is 3.69. The monoisotopic (exact) mass is 505 g/mol. The molecule has 1 amide bonds. The van der Waals surface area contributed by atoms with Crippen LogP contribution in [0.25, 0.3) is 10.8 Å². The minimum Gasteiger partial charge on any atom is -0.332 e. The van der Waals surface area contributed by atoms with Crippen LogP contribution in [0.15, 0.2) is 95.9 Å². The van der Waals surface area contributed by atoms with Gasteiger partial charge in [0.15, 0.2) is 11.8 Å². The van der Waals surface area contributed by atoms with Crippen LogP contribution in [0.3, 0.4) is 0 Å². The van der Waals surface area contributed by atoms with Crippen LogP contribution >= 0.6 is 11.6 Å². The van der Waals surface area contributed by atoms with Gasteiger partial charge in [0.2, 0.25) is 0 Å². The summed E-state index contributed by atoms with van der Waals surface area (Å²) in [6, 6.07) is 26.7. The molecule has 1 aliphatic heterocycles. The number of nitrogens with zero attached hydrogens (tertiary/aromatic N) is 1. The van der Waals surface area contributed by atoms with E-state index in [2.05, 4.69) is 0 Å². The third-order valence-electron chi connectivity index (χ3n) is 6.53. The van der Waals surface area contributed by atoms with Gasteiger partial charge in [0.1, 0.15) is 0 Å². The molecule has 0 spiro atoms. The van der Waals surface area contributed by atoms with Crippen LogP contribution in [0.2, 0.25) is 5.02 Å². The van der Waals surface area contributed by atoms with Crippen LogP contribution < -0.4 is 0 Å². The Labute approximate surface area is 210 Å². The summed E-state index contributed by atoms with van der Waals surface area (Å²) < 4.78 is 35.1. The van der Waals surface area contributed by atoms with E-state index in [-0.39, 0.29) is 11.3 Å². The summed E-state index contributed by atoms with van der Waals surface area (Å²) in [5, 5.41) is 2.27. The number of aryl methyl sites for hydroxylation is 1.